The normalized spacial score (nSPS) is 20.9. The van der Waals surface area contributed by atoms with E-state index in [2.05, 4.69) is 16.3 Å². The van der Waals surface area contributed by atoms with Crippen LogP contribution in [0.5, 0.6) is 0 Å². The molecule has 1 N–H and O–H groups in total. The minimum absolute atomic E-state index is 0.0107. The molecule has 3 saturated heterocycles. The monoisotopic (exact) mass is 599 g/mol. The van der Waals surface area contributed by atoms with E-state index < -0.39 is 0 Å². The highest BCUT2D eigenvalue weighted by atomic mass is 35.5. The van der Waals surface area contributed by atoms with Crippen molar-refractivity contribution in [3.8, 4) is 0 Å². The molecule has 6 nitrogen and oxygen atoms in total. The summed E-state index contributed by atoms with van der Waals surface area (Å²) in [6.07, 6.45) is 8.43. The van der Waals surface area contributed by atoms with Crippen molar-refractivity contribution in [2.45, 2.75) is 62.8 Å². The number of hydrogen-bond donors (Lipinski definition) is 1. The zero-order valence-electron chi connectivity index (χ0n) is 24.4. The molecule has 41 heavy (non-hydrogen) atoms. The van der Waals surface area contributed by atoms with Crippen molar-refractivity contribution in [3.05, 3.63) is 69.7 Å². The molecule has 3 fully saturated rings. The Balaban J connectivity index is 1.45. The van der Waals surface area contributed by atoms with Crippen molar-refractivity contribution >= 4 is 35.0 Å². The first kappa shape index (κ1) is 30.3. The highest BCUT2D eigenvalue weighted by Gasteiger charge is 2.58. The molecule has 222 valence electrons. The fourth-order valence-corrected chi connectivity index (χ4v) is 7.98. The standard InChI is InChI=1S/C33H45Cl2N4O2/c1-37(31(40)26-10-4-2-5-11-26)25-28(27-12-13-29(34)30(35)24-27)14-23-39(21-8-3-9-22-39)33(15-17-36-18-16-33)32(41)38-19-6-7-20-38/h2,4-5,10-13,24,28,36H,3,6-9,14-23,25H2,1H3/q+1. The maximum absolute atomic E-state index is 14.4. The Morgan fingerprint density at radius 1 is 0.951 bits per heavy atom. The Hall–Kier alpha value is -2.12. The number of likely N-dealkylation sites (tertiary alicyclic amines) is 2. The van der Waals surface area contributed by atoms with Gasteiger partial charge in [-0.2, -0.15) is 0 Å². The van der Waals surface area contributed by atoms with Gasteiger partial charge in [0.2, 0.25) is 0 Å². The van der Waals surface area contributed by atoms with Crippen LogP contribution < -0.4 is 5.32 Å². The number of nitrogens with one attached hydrogen (secondary N) is 1. The molecule has 3 aliphatic rings. The van der Waals surface area contributed by atoms with E-state index in [9.17, 15) is 9.59 Å². The summed E-state index contributed by atoms with van der Waals surface area (Å²) < 4.78 is 0.873. The van der Waals surface area contributed by atoms with E-state index in [1.165, 1.54) is 6.42 Å². The third kappa shape index (κ3) is 6.46. The lowest BCUT2D eigenvalue weighted by molar-refractivity contribution is -0.972. The Kier molecular flexibility index (Phi) is 9.96. The van der Waals surface area contributed by atoms with Gasteiger partial charge in [0.05, 0.1) is 29.7 Å². The largest absolute Gasteiger partial charge is 0.341 e. The van der Waals surface area contributed by atoms with Crippen LogP contribution in [0, 0.1) is 0 Å². The average Bonchev–Trinajstić information content (AvgIpc) is 3.56. The van der Waals surface area contributed by atoms with Gasteiger partial charge in [-0.05, 0) is 61.9 Å². The number of benzene rings is 2. The fourth-order valence-electron chi connectivity index (χ4n) is 7.68. The van der Waals surface area contributed by atoms with Crippen LogP contribution in [0.25, 0.3) is 0 Å². The van der Waals surface area contributed by atoms with E-state index >= 15 is 0 Å². The topological polar surface area (TPSA) is 52.7 Å². The first-order valence-electron chi connectivity index (χ1n) is 15.5. The molecule has 0 aromatic heterocycles. The van der Waals surface area contributed by atoms with Gasteiger partial charge in [-0.3, -0.25) is 9.59 Å². The quantitative estimate of drug-likeness (QED) is 0.360. The zero-order chi connectivity index (χ0) is 28.9. The molecule has 5 rings (SSSR count). The minimum Gasteiger partial charge on any atom is -0.341 e. The molecule has 0 bridgehead atoms. The fraction of sp³-hybridized carbons (Fsp3) is 0.576. The van der Waals surface area contributed by atoms with Crippen molar-refractivity contribution in [2.75, 3.05) is 59.4 Å². The number of nitrogens with zero attached hydrogens (tertiary/aromatic N) is 3. The van der Waals surface area contributed by atoms with Crippen molar-refractivity contribution in [2.24, 2.45) is 0 Å². The smallest absolute Gasteiger partial charge is 0.284 e. The Morgan fingerprint density at radius 2 is 1.63 bits per heavy atom. The van der Waals surface area contributed by atoms with Gasteiger partial charge in [-0.25, -0.2) is 0 Å². The van der Waals surface area contributed by atoms with Crippen LogP contribution in [-0.4, -0.2) is 91.0 Å². The Morgan fingerprint density at radius 3 is 2.29 bits per heavy atom. The van der Waals surface area contributed by atoms with Gasteiger partial charge in [-0.15, -0.1) is 0 Å². The van der Waals surface area contributed by atoms with Crippen LogP contribution in [-0.2, 0) is 4.79 Å². The van der Waals surface area contributed by atoms with E-state index in [0.717, 1.165) is 101 Å². The third-order valence-electron chi connectivity index (χ3n) is 9.98. The average molecular weight is 601 g/mol. The SMILES string of the molecule is CN(CC(CC[N+]1(C2(C(=O)N3CCCC3)CCNCC2)CCCCC1)c1ccc(Cl)c(Cl)c1)C(=O)c1ccccc1. The van der Waals surface area contributed by atoms with Crippen molar-refractivity contribution in [3.63, 3.8) is 0 Å². The lowest BCUT2D eigenvalue weighted by Gasteiger charge is -2.56. The molecule has 2 aromatic rings. The van der Waals surface area contributed by atoms with Gasteiger partial charge in [0.25, 0.3) is 11.8 Å². The molecular weight excluding hydrogens is 555 g/mol. The zero-order valence-corrected chi connectivity index (χ0v) is 25.9. The summed E-state index contributed by atoms with van der Waals surface area (Å²) in [5.74, 6) is 0.470. The number of halogens is 2. The first-order chi connectivity index (χ1) is 19.9. The summed E-state index contributed by atoms with van der Waals surface area (Å²) in [7, 11) is 1.89. The summed E-state index contributed by atoms with van der Waals surface area (Å²) in [5, 5.41) is 4.61. The third-order valence-corrected chi connectivity index (χ3v) is 10.7. The van der Waals surface area contributed by atoms with Crippen LogP contribution in [0.2, 0.25) is 10.0 Å². The minimum atomic E-state index is -0.371. The number of likely N-dealkylation sites (N-methyl/N-ethyl adjacent to an activating group) is 1. The molecule has 1 unspecified atom stereocenters. The van der Waals surface area contributed by atoms with Gasteiger partial charge in [0.15, 0.2) is 5.54 Å². The number of carbonyl (C=O) groups is 2. The molecule has 0 spiro atoms. The second-order valence-electron chi connectivity index (χ2n) is 12.4. The molecular formula is C33H45Cl2N4O2+. The molecule has 0 radical (unpaired) electrons. The van der Waals surface area contributed by atoms with Crippen LogP contribution in [0.3, 0.4) is 0 Å². The lowest BCUT2D eigenvalue weighted by Crippen LogP contribution is -2.74. The van der Waals surface area contributed by atoms with Crippen molar-refractivity contribution < 1.29 is 14.1 Å². The predicted octanol–water partition coefficient (Wildman–Crippen LogP) is 5.98. The number of rotatable bonds is 9. The molecule has 8 heteroatoms. The molecule has 3 heterocycles. The van der Waals surface area contributed by atoms with Crippen LogP contribution in [0.15, 0.2) is 48.5 Å². The molecule has 0 saturated carbocycles. The Labute approximate surface area is 255 Å². The maximum atomic E-state index is 14.4. The highest BCUT2D eigenvalue weighted by Crippen LogP contribution is 2.41. The van der Waals surface area contributed by atoms with E-state index in [-0.39, 0.29) is 17.4 Å². The number of hydrogen-bond acceptors (Lipinski definition) is 3. The second kappa shape index (κ2) is 13.5. The van der Waals surface area contributed by atoms with E-state index in [1.54, 1.807) is 0 Å². The van der Waals surface area contributed by atoms with Crippen LogP contribution in [0.1, 0.15) is 73.2 Å². The summed E-state index contributed by atoms with van der Waals surface area (Å²) in [6.45, 7) is 7.16. The maximum Gasteiger partial charge on any atom is 0.284 e. The molecule has 1 atom stereocenters. The first-order valence-corrected chi connectivity index (χ1v) is 16.2. The van der Waals surface area contributed by atoms with Gasteiger partial charge >= 0.3 is 0 Å². The number of carbonyl (C=O) groups excluding carboxylic acids is 2. The molecule has 0 aliphatic carbocycles. The Bertz CT molecular complexity index is 1190. The second-order valence-corrected chi connectivity index (χ2v) is 13.2. The van der Waals surface area contributed by atoms with E-state index in [1.807, 2.05) is 54.4 Å². The number of amides is 2. The van der Waals surface area contributed by atoms with Gasteiger partial charge in [-0.1, -0.05) is 47.5 Å². The van der Waals surface area contributed by atoms with Gasteiger partial charge < -0.3 is 19.6 Å². The van der Waals surface area contributed by atoms with Crippen molar-refractivity contribution in [1.82, 2.24) is 15.1 Å². The molecule has 3 aliphatic heterocycles. The van der Waals surface area contributed by atoms with Crippen LogP contribution in [0.4, 0.5) is 0 Å². The van der Waals surface area contributed by atoms with E-state index in [4.69, 9.17) is 23.2 Å². The van der Waals surface area contributed by atoms with Crippen LogP contribution >= 0.6 is 23.2 Å². The summed E-state index contributed by atoms with van der Waals surface area (Å²) >= 11 is 12.8. The number of piperidine rings is 2. The summed E-state index contributed by atoms with van der Waals surface area (Å²) in [5.41, 5.74) is 1.41. The molecule has 2 amide bonds. The molecule has 2 aromatic carbocycles. The lowest BCUT2D eigenvalue weighted by atomic mass is 9.79. The number of quaternary nitrogens is 1. The summed E-state index contributed by atoms with van der Waals surface area (Å²) in [4.78, 5) is 31.8. The van der Waals surface area contributed by atoms with E-state index in [0.29, 0.717) is 28.1 Å². The highest BCUT2D eigenvalue weighted by molar-refractivity contribution is 6.42. The van der Waals surface area contributed by atoms with Crippen molar-refractivity contribution in [1.29, 1.82) is 0 Å². The predicted molar refractivity (Wildman–Crippen MR) is 167 cm³/mol. The van der Waals surface area contributed by atoms with Gasteiger partial charge in [0.1, 0.15) is 0 Å². The van der Waals surface area contributed by atoms with Gasteiger partial charge in [0, 0.05) is 70.5 Å². The summed E-state index contributed by atoms with van der Waals surface area (Å²) in [6, 6.07) is 15.3.